The molecule has 24 heavy (non-hydrogen) atoms. The molecule has 4 nitrogen and oxygen atoms in total. The minimum absolute atomic E-state index is 0.296. The van der Waals surface area contributed by atoms with Gasteiger partial charge >= 0.3 is 0 Å². The summed E-state index contributed by atoms with van der Waals surface area (Å²) in [6, 6.07) is 10.6. The molecule has 2 rings (SSSR count). The maximum absolute atomic E-state index is 12.2. The Bertz CT molecular complexity index is 477. The van der Waals surface area contributed by atoms with E-state index in [-0.39, 0.29) is 0 Å². The van der Waals surface area contributed by atoms with E-state index < -0.39 is 0 Å². The molecule has 134 valence electrons. The van der Waals surface area contributed by atoms with Crippen LogP contribution < -0.4 is 5.73 Å². The van der Waals surface area contributed by atoms with Gasteiger partial charge in [0.2, 0.25) is 5.91 Å². The van der Waals surface area contributed by atoms with Gasteiger partial charge in [0.25, 0.3) is 0 Å². The molecule has 0 aromatic heterocycles. The molecule has 2 N–H and O–H groups in total. The standard InChI is InChI=1S/C20H33N3O/c1-22(20(24)11-7-2-3-8-13-21)15-19-12-14-23(17-19)16-18-9-5-4-6-10-18/h4-6,9-10,19H,2-3,7-8,11-17,21H2,1H3. The van der Waals surface area contributed by atoms with Gasteiger partial charge in [-0.3, -0.25) is 9.69 Å². The molecule has 1 saturated heterocycles. The zero-order chi connectivity index (χ0) is 17.2. The molecule has 1 aliphatic rings. The zero-order valence-corrected chi connectivity index (χ0v) is 15.1. The highest BCUT2D eigenvalue weighted by molar-refractivity contribution is 5.75. The third-order valence-electron chi connectivity index (χ3n) is 4.92. The summed E-state index contributed by atoms with van der Waals surface area (Å²) >= 11 is 0. The van der Waals surface area contributed by atoms with Crippen LogP contribution >= 0.6 is 0 Å². The fourth-order valence-electron chi connectivity index (χ4n) is 3.50. The van der Waals surface area contributed by atoms with Gasteiger partial charge in [0.05, 0.1) is 0 Å². The fourth-order valence-corrected chi connectivity index (χ4v) is 3.50. The summed E-state index contributed by atoms with van der Waals surface area (Å²) in [6.07, 6.45) is 6.20. The number of hydrogen-bond donors (Lipinski definition) is 1. The van der Waals surface area contributed by atoms with Crippen LogP contribution in [0.15, 0.2) is 30.3 Å². The lowest BCUT2D eigenvalue weighted by atomic mass is 10.1. The molecule has 4 heteroatoms. The first-order chi connectivity index (χ1) is 11.7. The smallest absolute Gasteiger partial charge is 0.222 e. The number of carbonyl (C=O) groups is 1. The summed E-state index contributed by atoms with van der Waals surface area (Å²) < 4.78 is 0. The molecule has 1 aromatic carbocycles. The number of hydrogen-bond acceptors (Lipinski definition) is 3. The van der Waals surface area contributed by atoms with Crippen molar-refractivity contribution in [2.45, 2.75) is 45.1 Å². The van der Waals surface area contributed by atoms with E-state index >= 15 is 0 Å². The second-order valence-electron chi connectivity index (χ2n) is 7.10. The number of amides is 1. The number of unbranched alkanes of at least 4 members (excludes halogenated alkanes) is 3. The Morgan fingerprint density at radius 3 is 2.71 bits per heavy atom. The highest BCUT2D eigenvalue weighted by Gasteiger charge is 2.24. The average Bonchev–Trinajstić information content (AvgIpc) is 3.02. The van der Waals surface area contributed by atoms with Crippen molar-refractivity contribution in [1.29, 1.82) is 0 Å². The molecule has 0 bridgehead atoms. The second-order valence-corrected chi connectivity index (χ2v) is 7.10. The molecule has 1 amide bonds. The third kappa shape index (κ3) is 6.62. The molecule has 1 aliphatic heterocycles. The highest BCUT2D eigenvalue weighted by Crippen LogP contribution is 2.20. The van der Waals surface area contributed by atoms with Crippen LogP contribution in [-0.2, 0) is 11.3 Å². The minimum atomic E-state index is 0.296. The van der Waals surface area contributed by atoms with E-state index in [0.717, 1.165) is 58.4 Å². The lowest BCUT2D eigenvalue weighted by molar-refractivity contribution is -0.130. The first kappa shape index (κ1) is 18.9. The minimum Gasteiger partial charge on any atom is -0.345 e. The number of nitrogens with two attached hydrogens (primary N) is 1. The fraction of sp³-hybridized carbons (Fsp3) is 0.650. The first-order valence-electron chi connectivity index (χ1n) is 9.39. The summed E-state index contributed by atoms with van der Waals surface area (Å²) in [5.41, 5.74) is 6.87. The van der Waals surface area contributed by atoms with Crippen LogP contribution in [0.5, 0.6) is 0 Å². The van der Waals surface area contributed by atoms with E-state index in [4.69, 9.17) is 5.73 Å². The van der Waals surface area contributed by atoms with Crippen molar-refractivity contribution in [3.05, 3.63) is 35.9 Å². The summed E-state index contributed by atoms with van der Waals surface area (Å²) in [5, 5.41) is 0. The van der Waals surface area contributed by atoms with Crippen molar-refractivity contribution in [3.63, 3.8) is 0 Å². The quantitative estimate of drug-likeness (QED) is 0.671. The maximum atomic E-state index is 12.2. The van der Waals surface area contributed by atoms with E-state index in [2.05, 4.69) is 35.2 Å². The van der Waals surface area contributed by atoms with Crippen LogP contribution in [0.3, 0.4) is 0 Å². The van der Waals surface area contributed by atoms with Crippen molar-refractivity contribution >= 4 is 5.91 Å². The van der Waals surface area contributed by atoms with E-state index in [1.54, 1.807) is 0 Å². The number of nitrogens with zero attached hydrogens (tertiary/aromatic N) is 2. The predicted octanol–water partition coefficient (Wildman–Crippen LogP) is 2.88. The largest absolute Gasteiger partial charge is 0.345 e. The summed E-state index contributed by atoms with van der Waals surface area (Å²) in [5.74, 6) is 0.907. The number of rotatable bonds is 10. The Morgan fingerprint density at radius 1 is 1.21 bits per heavy atom. The average molecular weight is 332 g/mol. The van der Waals surface area contributed by atoms with Crippen molar-refractivity contribution < 1.29 is 4.79 Å². The van der Waals surface area contributed by atoms with Crippen molar-refractivity contribution in [3.8, 4) is 0 Å². The van der Waals surface area contributed by atoms with Gasteiger partial charge in [-0.05, 0) is 43.8 Å². The van der Waals surface area contributed by atoms with Crippen LogP contribution in [-0.4, -0.2) is 48.9 Å². The van der Waals surface area contributed by atoms with Gasteiger partial charge in [-0.2, -0.15) is 0 Å². The van der Waals surface area contributed by atoms with Crippen LogP contribution in [0.4, 0.5) is 0 Å². The molecule has 0 radical (unpaired) electrons. The molecule has 1 fully saturated rings. The topological polar surface area (TPSA) is 49.6 Å². The van der Waals surface area contributed by atoms with E-state index in [1.807, 2.05) is 11.9 Å². The van der Waals surface area contributed by atoms with E-state index in [1.165, 1.54) is 12.0 Å². The van der Waals surface area contributed by atoms with Gasteiger partial charge in [-0.1, -0.05) is 43.2 Å². The SMILES string of the molecule is CN(CC1CCN(Cc2ccccc2)C1)C(=O)CCCCCCN. The van der Waals surface area contributed by atoms with Crippen LogP contribution in [0, 0.1) is 5.92 Å². The van der Waals surface area contributed by atoms with Crippen molar-refractivity contribution in [2.24, 2.45) is 11.7 Å². The summed E-state index contributed by atoms with van der Waals surface area (Å²) in [4.78, 5) is 16.7. The van der Waals surface area contributed by atoms with Gasteiger partial charge in [-0.25, -0.2) is 0 Å². The molecule has 1 heterocycles. The lowest BCUT2D eigenvalue weighted by Gasteiger charge is -2.22. The Hall–Kier alpha value is -1.39. The third-order valence-corrected chi connectivity index (χ3v) is 4.92. The Balaban J connectivity index is 1.63. The van der Waals surface area contributed by atoms with E-state index in [0.29, 0.717) is 18.2 Å². The second kappa shape index (κ2) is 10.5. The maximum Gasteiger partial charge on any atom is 0.222 e. The Labute approximate surface area is 147 Å². The normalized spacial score (nSPS) is 18.0. The Kier molecular flexibility index (Phi) is 8.26. The number of likely N-dealkylation sites (tertiary alicyclic amines) is 1. The molecular weight excluding hydrogens is 298 g/mol. The summed E-state index contributed by atoms with van der Waals surface area (Å²) in [6.45, 7) is 4.92. The molecule has 1 aromatic rings. The summed E-state index contributed by atoms with van der Waals surface area (Å²) in [7, 11) is 1.96. The van der Waals surface area contributed by atoms with Crippen LogP contribution in [0.25, 0.3) is 0 Å². The molecule has 0 aliphatic carbocycles. The number of carbonyl (C=O) groups excluding carboxylic acids is 1. The number of benzene rings is 1. The first-order valence-corrected chi connectivity index (χ1v) is 9.39. The molecule has 0 saturated carbocycles. The van der Waals surface area contributed by atoms with E-state index in [9.17, 15) is 4.79 Å². The lowest BCUT2D eigenvalue weighted by Crippen LogP contribution is -2.33. The zero-order valence-electron chi connectivity index (χ0n) is 15.1. The molecular formula is C20H33N3O. The monoisotopic (exact) mass is 331 g/mol. The van der Waals surface area contributed by atoms with Crippen molar-refractivity contribution in [1.82, 2.24) is 9.80 Å². The molecule has 1 atom stereocenters. The van der Waals surface area contributed by atoms with Gasteiger partial charge < -0.3 is 10.6 Å². The Morgan fingerprint density at radius 2 is 1.96 bits per heavy atom. The predicted molar refractivity (Wildman–Crippen MR) is 99.6 cm³/mol. The molecule has 0 spiro atoms. The van der Waals surface area contributed by atoms with Crippen LogP contribution in [0.1, 0.15) is 44.1 Å². The molecule has 1 unspecified atom stereocenters. The highest BCUT2D eigenvalue weighted by atomic mass is 16.2. The van der Waals surface area contributed by atoms with Gasteiger partial charge in [0.15, 0.2) is 0 Å². The van der Waals surface area contributed by atoms with Gasteiger partial charge in [0.1, 0.15) is 0 Å². The van der Waals surface area contributed by atoms with Gasteiger partial charge in [0, 0.05) is 33.1 Å². The van der Waals surface area contributed by atoms with Gasteiger partial charge in [-0.15, -0.1) is 0 Å². The van der Waals surface area contributed by atoms with Crippen LogP contribution in [0.2, 0.25) is 0 Å². The van der Waals surface area contributed by atoms with Crippen molar-refractivity contribution in [2.75, 3.05) is 33.2 Å².